The Morgan fingerprint density at radius 2 is 1.37 bits per heavy atom. The molecule has 0 amide bonds. The Balaban J connectivity index is 1.81. The van der Waals surface area contributed by atoms with Crippen LogP contribution in [0.25, 0.3) is 0 Å². The van der Waals surface area contributed by atoms with Gasteiger partial charge in [0.15, 0.2) is 11.9 Å². The van der Waals surface area contributed by atoms with Crippen LogP contribution in [0.15, 0.2) is 64.9 Å². The molecule has 30 heavy (non-hydrogen) atoms. The molecule has 0 radical (unpaired) electrons. The van der Waals surface area contributed by atoms with Crippen LogP contribution in [-0.4, -0.2) is 45.3 Å². The lowest BCUT2D eigenvalue weighted by atomic mass is 10.2. The van der Waals surface area contributed by atoms with Gasteiger partial charge in [-0.05, 0) is 35.4 Å². The van der Waals surface area contributed by atoms with Gasteiger partial charge in [-0.25, -0.2) is 0 Å². The number of anilines is 2. The van der Waals surface area contributed by atoms with E-state index in [1.165, 1.54) is 0 Å². The summed E-state index contributed by atoms with van der Waals surface area (Å²) < 4.78 is 3.61. The first-order valence-corrected chi connectivity index (χ1v) is 10.2. The van der Waals surface area contributed by atoms with Crippen LogP contribution in [-0.2, 0) is 5.88 Å². The summed E-state index contributed by atoms with van der Waals surface area (Å²) in [6, 6.07) is 16.5. The largest absolute Gasteiger partial charge is 0.378 e. The van der Waals surface area contributed by atoms with Gasteiger partial charge in [-0.2, -0.15) is 0 Å². The van der Waals surface area contributed by atoms with Crippen molar-refractivity contribution in [2.24, 2.45) is 10.2 Å². The highest BCUT2D eigenvalue weighted by Crippen LogP contribution is 2.13. The third-order valence-electron chi connectivity index (χ3n) is 4.79. The van der Waals surface area contributed by atoms with Crippen LogP contribution < -0.4 is 14.5 Å². The van der Waals surface area contributed by atoms with Crippen LogP contribution in [0.3, 0.4) is 0 Å². The fourth-order valence-corrected chi connectivity index (χ4v) is 3.11. The lowest BCUT2D eigenvalue weighted by Crippen LogP contribution is -2.29. The average molecular weight is 424 g/mol. The summed E-state index contributed by atoms with van der Waals surface area (Å²) >= 11 is 6.15. The second-order valence-corrected chi connectivity index (χ2v) is 7.69. The number of halogens is 1. The van der Waals surface area contributed by atoms with E-state index in [0.717, 1.165) is 34.0 Å². The lowest BCUT2D eigenvalue weighted by molar-refractivity contribution is -0.684. The number of nitrogens with zero attached hydrogens (tertiary/aromatic N) is 6. The summed E-state index contributed by atoms with van der Waals surface area (Å²) in [5.41, 5.74) is 5.22. The maximum Gasteiger partial charge on any atom is 0.304 e. The standard InChI is InChI=1S/C23H28ClN6/c1-18-29(25-15-19-6-10-21(11-7-19)27(2)3)17-23(14-24)30(18)26-16-20-8-12-22(13-9-20)28(4)5/h6-13,15-17H,14H2,1-5H3/q+1/b25-15-,26-16-. The first-order chi connectivity index (χ1) is 14.4. The van der Waals surface area contributed by atoms with Gasteiger partial charge in [-0.3, -0.25) is 0 Å². The van der Waals surface area contributed by atoms with E-state index in [-0.39, 0.29) is 0 Å². The molecule has 0 unspecified atom stereocenters. The van der Waals surface area contributed by atoms with E-state index in [2.05, 4.69) is 44.3 Å². The zero-order valence-corrected chi connectivity index (χ0v) is 18.9. The van der Waals surface area contributed by atoms with Crippen LogP contribution >= 0.6 is 11.6 Å². The minimum atomic E-state index is 0.345. The van der Waals surface area contributed by atoms with Crippen LogP contribution in [0, 0.1) is 6.92 Å². The highest BCUT2D eigenvalue weighted by molar-refractivity contribution is 6.16. The van der Waals surface area contributed by atoms with E-state index in [0.29, 0.717) is 5.88 Å². The molecule has 1 aromatic heterocycles. The van der Waals surface area contributed by atoms with Gasteiger partial charge in [0.25, 0.3) is 0 Å². The molecule has 0 aliphatic rings. The van der Waals surface area contributed by atoms with Gasteiger partial charge >= 0.3 is 5.82 Å². The molecule has 0 saturated heterocycles. The Bertz CT molecular complexity index is 1030. The van der Waals surface area contributed by atoms with Crippen molar-refractivity contribution in [3.8, 4) is 0 Å². The van der Waals surface area contributed by atoms with Crippen molar-refractivity contribution in [1.82, 2.24) is 4.68 Å². The molecule has 0 aliphatic carbocycles. The quantitative estimate of drug-likeness (QED) is 0.330. The van der Waals surface area contributed by atoms with E-state index >= 15 is 0 Å². The average Bonchev–Trinajstić information content (AvgIpc) is 3.06. The monoisotopic (exact) mass is 423 g/mol. The molecule has 1 heterocycles. The van der Waals surface area contributed by atoms with Gasteiger partial charge < -0.3 is 9.80 Å². The third-order valence-corrected chi connectivity index (χ3v) is 5.06. The number of aromatic nitrogens is 2. The number of hydrogen-bond acceptors (Lipinski definition) is 4. The first-order valence-electron chi connectivity index (χ1n) is 9.71. The van der Waals surface area contributed by atoms with E-state index in [1.54, 1.807) is 4.68 Å². The maximum atomic E-state index is 6.15. The summed E-state index contributed by atoms with van der Waals surface area (Å²) in [5.74, 6) is 1.21. The molecule has 0 fully saturated rings. The van der Waals surface area contributed by atoms with Crippen molar-refractivity contribution >= 4 is 35.4 Å². The van der Waals surface area contributed by atoms with Gasteiger partial charge in [0, 0.05) is 46.5 Å². The van der Waals surface area contributed by atoms with Gasteiger partial charge in [0.05, 0.1) is 18.3 Å². The van der Waals surface area contributed by atoms with Crippen LogP contribution in [0.5, 0.6) is 0 Å². The summed E-state index contributed by atoms with van der Waals surface area (Å²) in [6.07, 6.45) is 5.56. The predicted octanol–water partition coefficient (Wildman–Crippen LogP) is 3.72. The summed E-state index contributed by atoms with van der Waals surface area (Å²) in [4.78, 5) is 4.14. The Morgan fingerprint density at radius 1 is 0.867 bits per heavy atom. The number of rotatable bonds is 7. The van der Waals surface area contributed by atoms with Crippen LogP contribution in [0.2, 0.25) is 0 Å². The molecule has 2 aromatic carbocycles. The topological polar surface area (TPSA) is 40.0 Å². The van der Waals surface area contributed by atoms with Gasteiger partial charge in [0.2, 0.25) is 0 Å². The normalized spacial score (nSPS) is 11.5. The Kier molecular flexibility index (Phi) is 6.90. The van der Waals surface area contributed by atoms with Crippen molar-refractivity contribution in [1.29, 1.82) is 0 Å². The zero-order valence-electron chi connectivity index (χ0n) is 18.1. The number of imidazole rings is 1. The number of hydrogen-bond donors (Lipinski definition) is 0. The second kappa shape index (κ2) is 9.59. The van der Waals surface area contributed by atoms with Crippen LogP contribution in [0.4, 0.5) is 11.4 Å². The van der Waals surface area contributed by atoms with Crippen molar-refractivity contribution in [2.45, 2.75) is 12.8 Å². The fraction of sp³-hybridized carbons (Fsp3) is 0.261. The molecule has 0 N–H and O–H groups in total. The minimum Gasteiger partial charge on any atom is -0.378 e. The van der Waals surface area contributed by atoms with E-state index in [9.17, 15) is 0 Å². The fourth-order valence-electron chi connectivity index (χ4n) is 2.93. The molecule has 0 saturated carbocycles. The van der Waals surface area contributed by atoms with E-state index < -0.39 is 0 Å². The number of alkyl halides is 1. The summed E-state index contributed by atoms with van der Waals surface area (Å²) in [5, 5.41) is 9.21. The lowest BCUT2D eigenvalue weighted by Gasteiger charge is -2.11. The van der Waals surface area contributed by atoms with Crippen molar-refractivity contribution in [2.75, 3.05) is 38.0 Å². The molecule has 6 nitrogen and oxygen atoms in total. The Hall–Kier alpha value is -3.12. The Labute approximate surface area is 183 Å². The van der Waals surface area contributed by atoms with E-state index in [4.69, 9.17) is 11.6 Å². The molecule has 3 rings (SSSR count). The Morgan fingerprint density at radius 3 is 1.83 bits per heavy atom. The number of benzene rings is 2. The first kappa shape index (κ1) is 21.6. The van der Waals surface area contributed by atoms with Gasteiger partial charge in [-0.15, -0.1) is 16.3 Å². The minimum absolute atomic E-state index is 0.345. The van der Waals surface area contributed by atoms with Crippen molar-refractivity contribution < 1.29 is 4.68 Å². The molecule has 0 bridgehead atoms. The van der Waals surface area contributed by atoms with Gasteiger partial charge in [-0.1, -0.05) is 39.1 Å². The van der Waals surface area contributed by atoms with E-state index in [1.807, 2.05) is 82.7 Å². The smallest absolute Gasteiger partial charge is 0.304 e. The molecular formula is C23H28ClN6+. The SMILES string of the molecule is Cc1n(/N=C\c2ccc(N(C)C)cc2)c(CCl)c[n+]1/N=C\c1ccc(N(C)C)cc1. The molecule has 0 atom stereocenters. The maximum absolute atomic E-state index is 6.15. The highest BCUT2D eigenvalue weighted by Gasteiger charge is 2.19. The molecule has 0 spiro atoms. The molecular weight excluding hydrogens is 396 g/mol. The van der Waals surface area contributed by atoms with Crippen molar-refractivity contribution in [3.05, 3.63) is 77.4 Å². The van der Waals surface area contributed by atoms with Crippen LogP contribution in [0.1, 0.15) is 22.6 Å². The summed E-state index contributed by atoms with van der Waals surface area (Å²) in [7, 11) is 8.09. The zero-order chi connectivity index (χ0) is 21.7. The van der Waals surface area contributed by atoms with Crippen molar-refractivity contribution in [3.63, 3.8) is 0 Å². The van der Waals surface area contributed by atoms with Gasteiger partial charge in [0.1, 0.15) is 0 Å². The molecule has 0 aliphatic heterocycles. The molecule has 156 valence electrons. The summed E-state index contributed by atoms with van der Waals surface area (Å²) in [6.45, 7) is 1.97. The molecule has 3 aromatic rings. The third kappa shape index (κ3) is 5.07. The highest BCUT2D eigenvalue weighted by atomic mass is 35.5. The molecule has 7 heteroatoms. The second-order valence-electron chi connectivity index (χ2n) is 7.42. The predicted molar refractivity (Wildman–Crippen MR) is 126 cm³/mol.